The molecule has 6 heteroatoms. The molecule has 0 saturated carbocycles. The van der Waals surface area contributed by atoms with Crippen LogP contribution >= 0.6 is 0 Å². The molecule has 5 nitrogen and oxygen atoms in total. The van der Waals surface area contributed by atoms with Gasteiger partial charge in [-0.2, -0.15) is 5.26 Å². The summed E-state index contributed by atoms with van der Waals surface area (Å²) in [6.07, 6.45) is 0.811. The predicted octanol–water partition coefficient (Wildman–Crippen LogP) is 2.10. The van der Waals surface area contributed by atoms with E-state index in [1.807, 2.05) is 18.2 Å². The maximum Gasteiger partial charge on any atom is 0.216 e. The summed E-state index contributed by atoms with van der Waals surface area (Å²) < 4.78 is 26.1. The molecule has 0 radical (unpaired) electrons. The molecule has 1 aromatic carbocycles. The second-order valence-electron chi connectivity index (χ2n) is 6.52. The highest BCUT2D eigenvalue weighted by molar-refractivity contribution is 7.89. The smallest absolute Gasteiger partial charge is 0.216 e. The molecule has 0 unspecified atom stereocenters. The second-order valence-corrected chi connectivity index (χ2v) is 9.01. The van der Waals surface area contributed by atoms with Crippen molar-refractivity contribution in [2.75, 3.05) is 13.1 Å². The average Bonchev–Trinajstić information content (AvgIpc) is 2.53. The van der Waals surface area contributed by atoms with Gasteiger partial charge in [0.2, 0.25) is 10.0 Å². The zero-order valence-corrected chi connectivity index (χ0v) is 14.8. The highest BCUT2D eigenvalue weighted by atomic mass is 32.2. The standard InChI is InChI=1S/C17H25N3O2S/c1-13(2)23(21,22)20-8-7-17(14(3)12-20)19-11-16-6-4-5-15(9-16)10-18/h4-6,9,13-14,17,19H,7-8,11-12H2,1-3H3/t14-,17-/m1/s1. The van der Waals surface area contributed by atoms with E-state index in [-0.39, 0.29) is 11.2 Å². The van der Waals surface area contributed by atoms with Crippen molar-refractivity contribution < 1.29 is 8.42 Å². The third-order valence-corrected chi connectivity index (χ3v) is 6.69. The van der Waals surface area contributed by atoms with Crippen molar-refractivity contribution in [1.82, 2.24) is 9.62 Å². The zero-order chi connectivity index (χ0) is 17.0. The van der Waals surface area contributed by atoms with Crippen LogP contribution in [0.3, 0.4) is 0 Å². The normalized spacial score (nSPS) is 22.9. The zero-order valence-electron chi connectivity index (χ0n) is 14.0. The van der Waals surface area contributed by atoms with Gasteiger partial charge in [0, 0.05) is 25.7 Å². The van der Waals surface area contributed by atoms with Gasteiger partial charge < -0.3 is 5.32 Å². The molecule has 23 heavy (non-hydrogen) atoms. The maximum absolute atomic E-state index is 12.3. The largest absolute Gasteiger partial charge is 0.310 e. The lowest BCUT2D eigenvalue weighted by molar-refractivity contribution is 0.218. The fraction of sp³-hybridized carbons (Fsp3) is 0.588. The molecule has 2 atom stereocenters. The fourth-order valence-electron chi connectivity index (χ4n) is 2.94. The van der Waals surface area contributed by atoms with E-state index >= 15 is 0 Å². The molecular weight excluding hydrogens is 310 g/mol. The van der Waals surface area contributed by atoms with Crippen molar-refractivity contribution in [2.45, 2.75) is 45.0 Å². The molecule has 1 aliphatic heterocycles. The molecule has 1 heterocycles. The Morgan fingerprint density at radius 3 is 2.78 bits per heavy atom. The molecule has 0 spiro atoms. The second kappa shape index (κ2) is 7.43. The van der Waals surface area contributed by atoms with Crippen LogP contribution in [0, 0.1) is 17.2 Å². The van der Waals surface area contributed by atoms with Crippen LogP contribution in [-0.2, 0) is 16.6 Å². The van der Waals surface area contributed by atoms with E-state index in [1.165, 1.54) is 0 Å². The number of rotatable bonds is 5. The minimum atomic E-state index is -3.16. The lowest BCUT2D eigenvalue weighted by Crippen LogP contribution is -2.51. The van der Waals surface area contributed by atoms with E-state index in [0.29, 0.717) is 31.2 Å². The lowest BCUT2D eigenvalue weighted by Gasteiger charge is -2.37. The average molecular weight is 335 g/mol. The van der Waals surface area contributed by atoms with Crippen LogP contribution in [0.25, 0.3) is 0 Å². The molecule has 1 aliphatic rings. The molecule has 126 valence electrons. The van der Waals surface area contributed by atoms with E-state index in [1.54, 1.807) is 24.2 Å². The Morgan fingerprint density at radius 1 is 1.43 bits per heavy atom. The van der Waals surface area contributed by atoms with Crippen LogP contribution in [0.5, 0.6) is 0 Å². The highest BCUT2D eigenvalue weighted by Crippen LogP contribution is 2.22. The Kier molecular flexibility index (Phi) is 5.79. The first-order valence-electron chi connectivity index (χ1n) is 8.06. The first-order chi connectivity index (χ1) is 10.8. The van der Waals surface area contributed by atoms with Gasteiger partial charge in [-0.3, -0.25) is 0 Å². The molecule has 0 amide bonds. The summed E-state index contributed by atoms with van der Waals surface area (Å²) >= 11 is 0. The monoisotopic (exact) mass is 335 g/mol. The highest BCUT2D eigenvalue weighted by Gasteiger charge is 2.33. The molecule has 0 aliphatic carbocycles. The summed E-state index contributed by atoms with van der Waals surface area (Å²) in [5.74, 6) is 0.261. The Labute approximate surface area is 139 Å². The van der Waals surface area contributed by atoms with Crippen molar-refractivity contribution in [3.05, 3.63) is 35.4 Å². The molecule has 0 bridgehead atoms. The van der Waals surface area contributed by atoms with Crippen LogP contribution < -0.4 is 5.32 Å². The Balaban J connectivity index is 1.93. The van der Waals surface area contributed by atoms with Crippen molar-refractivity contribution in [3.8, 4) is 6.07 Å². The topological polar surface area (TPSA) is 73.2 Å². The van der Waals surface area contributed by atoms with Crippen LogP contribution in [0.2, 0.25) is 0 Å². The van der Waals surface area contributed by atoms with Crippen molar-refractivity contribution >= 4 is 10.0 Å². The minimum Gasteiger partial charge on any atom is -0.310 e. The quantitative estimate of drug-likeness (QED) is 0.894. The molecule has 1 aromatic rings. The van der Waals surface area contributed by atoms with Gasteiger partial charge in [0.25, 0.3) is 0 Å². The number of sulfonamides is 1. The van der Waals surface area contributed by atoms with Crippen molar-refractivity contribution in [2.24, 2.45) is 5.92 Å². The van der Waals surface area contributed by atoms with Crippen molar-refractivity contribution in [1.29, 1.82) is 5.26 Å². The number of hydrogen-bond donors (Lipinski definition) is 1. The molecule has 0 aromatic heterocycles. The van der Waals surface area contributed by atoms with E-state index in [0.717, 1.165) is 12.0 Å². The predicted molar refractivity (Wildman–Crippen MR) is 91.2 cm³/mol. The molecule has 1 fully saturated rings. The number of piperidine rings is 1. The summed E-state index contributed by atoms with van der Waals surface area (Å²) in [6.45, 7) is 7.38. The number of nitrogens with one attached hydrogen (secondary N) is 1. The number of hydrogen-bond acceptors (Lipinski definition) is 4. The number of nitrogens with zero attached hydrogens (tertiary/aromatic N) is 2. The maximum atomic E-state index is 12.3. The first-order valence-corrected chi connectivity index (χ1v) is 9.56. The van der Waals surface area contributed by atoms with Gasteiger partial charge in [0.15, 0.2) is 0 Å². The van der Waals surface area contributed by atoms with Crippen molar-refractivity contribution in [3.63, 3.8) is 0 Å². The summed E-state index contributed by atoms with van der Waals surface area (Å²) in [4.78, 5) is 0. The Bertz CT molecular complexity index is 679. The third kappa shape index (κ3) is 4.31. The molecule has 1 N–H and O–H groups in total. The van der Waals surface area contributed by atoms with Gasteiger partial charge in [0.1, 0.15) is 0 Å². The summed E-state index contributed by atoms with van der Waals surface area (Å²) in [6, 6.07) is 10.00. The van der Waals surface area contributed by atoms with Gasteiger partial charge in [-0.15, -0.1) is 0 Å². The van der Waals surface area contributed by atoms with E-state index < -0.39 is 10.0 Å². The third-order valence-electron chi connectivity index (χ3n) is 4.45. The van der Waals surface area contributed by atoms with Gasteiger partial charge >= 0.3 is 0 Å². The summed E-state index contributed by atoms with van der Waals surface area (Å²) in [7, 11) is -3.16. The van der Waals surface area contributed by atoms with Crippen LogP contribution in [-0.4, -0.2) is 37.1 Å². The summed E-state index contributed by atoms with van der Waals surface area (Å²) in [5.41, 5.74) is 1.74. The van der Waals surface area contributed by atoms with Crippen LogP contribution in [0.15, 0.2) is 24.3 Å². The molecule has 2 rings (SSSR count). The number of nitriles is 1. The van der Waals surface area contributed by atoms with Crippen LogP contribution in [0.4, 0.5) is 0 Å². The summed E-state index contributed by atoms with van der Waals surface area (Å²) in [5, 5.41) is 12.1. The fourth-order valence-corrected chi connectivity index (χ4v) is 4.34. The van der Waals surface area contributed by atoms with Gasteiger partial charge in [-0.1, -0.05) is 19.1 Å². The Morgan fingerprint density at radius 2 is 2.17 bits per heavy atom. The van der Waals surface area contributed by atoms with Gasteiger partial charge in [-0.25, -0.2) is 12.7 Å². The minimum absolute atomic E-state index is 0.261. The van der Waals surface area contributed by atoms with Gasteiger partial charge in [0.05, 0.1) is 16.9 Å². The molecule has 1 saturated heterocycles. The van der Waals surface area contributed by atoms with Gasteiger partial charge in [-0.05, 0) is 43.9 Å². The van der Waals surface area contributed by atoms with E-state index in [9.17, 15) is 8.42 Å². The Hall–Kier alpha value is -1.42. The first kappa shape index (κ1) is 17.9. The molecular formula is C17H25N3O2S. The number of benzene rings is 1. The lowest BCUT2D eigenvalue weighted by atomic mass is 9.95. The SMILES string of the molecule is CC(C)S(=O)(=O)N1CC[C@@H](NCc2cccc(C#N)c2)[C@H](C)C1. The van der Waals surface area contributed by atoms with E-state index in [2.05, 4.69) is 18.3 Å². The van der Waals surface area contributed by atoms with Crippen LogP contribution in [0.1, 0.15) is 38.3 Å². The van der Waals surface area contributed by atoms with E-state index in [4.69, 9.17) is 5.26 Å².